The first-order valence-electron chi connectivity index (χ1n) is 3.26. The van der Waals surface area contributed by atoms with Crippen molar-refractivity contribution in [3.8, 4) is 0 Å². The van der Waals surface area contributed by atoms with Crippen LogP contribution in [0.1, 0.15) is 20.8 Å². The molecule has 0 aliphatic rings. The van der Waals surface area contributed by atoms with Gasteiger partial charge in [-0.3, -0.25) is 0 Å². The zero-order valence-corrected chi connectivity index (χ0v) is 6.72. The lowest BCUT2D eigenvalue weighted by Crippen LogP contribution is -2.47. The summed E-state index contributed by atoms with van der Waals surface area (Å²) in [6.45, 7) is 5.26. The van der Waals surface area contributed by atoms with E-state index in [9.17, 15) is 9.90 Å². The maximum Gasteiger partial charge on any atom is 0.151 e. The average molecular weight is 145 g/mol. The van der Waals surface area contributed by atoms with Gasteiger partial charge in [-0.2, -0.15) is 0 Å². The summed E-state index contributed by atoms with van der Waals surface area (Å²) in [7, 11) is 0. The van der Waals surface area contributed by atoms with Crippen LogP contribution in [0.5, 0.6) is 0 Å². The molecule has 0 aliphatic heterocycles. The number of aldehydes is 1. The summed E-state index contributed by atoms with van der Waals surface area (Å²) in [5, 5.41) is 9.40. The zero-order valence-electron chi connectivity index (χ0n) is 6.72. The molecular weight excluding hydrogens is 130 g/mol. The van der Waals surface area contributed by atoms with Gasteiger partial charge in [0, 0.05) is 12.0 Å². The van der Waals surface area contributed by atoms with Crippen LogP contribution >= 0.6 is 0 Å². The first-order chi connectivity index (χ1) is 4.37. The number of aliphatic hydroxyl groups is 1. The number of rotatable bonds is 3. The third-order valence-corrected chi connectivity index (χ3v) is 2.11. The van der Waals surface area contributed by atoms with E-state index in [0.29, 0.717) is 12.8 Å². The highest BCUT2D eigenvalue weighted by atomic mass is 16.3. The topological polar surface area (TPSA) is 63.3 Å². The van der Waals surface area contributed by atoms with E-state index in [-0.39, 0.29) is 0 Å². The Hall–Kier alpha value is -0.410. The van der Waals surface area contributed by atoms with Crippen molar-refractivity contribution in [2.24, 2.45) is 11.1 Å². The van der Waals surface area contributed by atoms with Crippen molar-refractivity contribution in [3.05, 3.63) is 0 Å². The predicted molar refractivity (Wildman–Crippen MR) is 39.5 cm³/mol. The van der Waals surface area contributed by atoms with E-state index in [4.69, 9.17) is 5.73 Å². The molecule has 60 valence electrons. The molecule has 0 saturated carbocycles. The summed E-state index contributed by atoms with van der Waals surface area (Å²) in [5.74, 6) is 0. The van der Waals surface area contributed by atoms with Crippen molar-refractivity contribution >= 4 is 6.29 Å². The summed E-state index contributed by atoms with van der Waals surface area (Å²) < 4.78 is 0. The summed E-state index contributed by atoms with van der Waals surface area (Å²) in [4.78, 5) is 10.3. The van der Waals surface area contributed by atoms with Gasteiger partial charge in [-0.15, -0.1) is 0 Å². The second kappa shape index (κ2) is 2.68. The Morgan fingerprint density at radius 1 is 1.50 bits per heavy atom. The minimum Gasteiger partial charge on any atom is -0.382 e. The largest absolute Gasteiger partial charge is 0.382 e. The third kappa shape index (κ3) is 1.55. The molecule has 0 saturated heterocycles. The van der Waals surface area contributed by atoms with Crippen LogP contribution in [-0.4, -0.2) is 23.5 Å². The average Bonchev–Trinajstić information content (AvgIpc) is 1.88. The van der Waals surface area contributed by atoms with E-state index < -0.39 is 11.0 Å². The molecule has 0 fully saturated rings. The fourth-order valence-electron chi connectivity index (χ4n) is 0.366. The van der Waals surface area contributed by atoms with Crippen molar-refractivity contribution in [2.45, 2.75) is 26.4 Å². The summed E-state index contributed by atoms with van der Waals surface area (Å²) >= 11 is 0. The van der Waals surface area contributed by atoms with Crippen LogP contribution in [0.2, 0.25) is 0 Å². The Morgan fingerprint density at radius 2 is 1.90 bits per heavy atom. The standard InChI is InChI=1S/C7H15NO2/c1-6(2,4-8)7(3,10)5-9/h5,10H,4,8H2,1-3H3. The predicted octanol–water partition coefficient (Wildman–Crippen LogP) is -0.0788. The van der Waals surface area contributed by atoms with Crippen LogP contribution in [0.3, 0.4) is 0 Å². The second-order valence-corrected chi connectivity index (χ2v) is 3.35. The summed E-state index contributed by atoms with van der Waals surface area (Å²) in [6.07, 6.45) is 0.528. The molecule has 10 heavy (non-hydrogen) atoms. The lowest BCUT2D eigenvalue weighted by Gasteiger charge is -2.34. The van der Waals surface area contributed by atoms with Crippen LogP contribution in [0.4, 0.5) is 0 Å². The SMILES string of the molecule is CC(O)(C=O)C(C)(C)CN. The van der Waals surface area contributed by atoms with E-state index in [1.807, 2.05) is 0 Å². The molecule has 0 aromatic heterocycles. The van der Waals surface area contributed by atoms with Gasteiger partial charge < -0.3 is 15.6 Å². The monoisotopic (exact) mass is 145 g/mol. The lowest BCUT2D eigenvalue weighted by atomic mass is 9.77. The normalized spacial score (nSPS) is 18.1. The van der Waals surface area contributed by atoms with E-state index in [1.165, 1.54) is 6.92 Å². The van der Waals surface area contributed by atoms with Crippen LogP contribution in [0.15, 0.2) is 0 Å². The van der Waals surface area contributed by atoms with E-state index in [0.717, 1.165) is 0 Å². The van der Waals surface area contributed by atoms with Gasteiger partial charge in [-0.1, -0.05) is 13.8 Å². The van der Waals surface area contributed by atoms with Gasteiger partial charge in [0.1, 0.15) is 5.60 Å². The van der Waals surface area contributed by atoms with Crippen LogP contribution in [0, 0.1) is 5.41 Å². The first-order valence-corrected chi connectivity index (χ1v) is 3.26. The summed E-state index contributed by atoms with van der Waals surface area (Å²) in [6, 6.07) is 0. The van der Waals surface area contributed by atoms with Crippen LogP contribution < -0.4 is 5.73 Å². The second-order valence-electron chi connectivity index (χ2n) is 3.35. The third-order valence-electron chi connectivity index (χ3n) is 2.11. The zero-order chi connectivity index (χ0) is 8.41. The highest BCUT2D eigenvalue weighted by molar-refractivity contribution is 5.62. The van der Waals surface area contributed by atoms with Gasteiger partial charge in [0.2, 0.25) is 0 Å². The molecule has 0 radical (unpaired) electrons. The Morgan fingerprint density at radius 3 is 2.00 bits per heavy atom. The molecule has 3 N–H and O–H groups in total. The molecule has 0 aromatic carbocycles. The van der Waals surface area contributed by atoms with Crippen molar-refractivity contribution in [3.63, 3.8) is 0 Å². The molecule has 0 spiro atoms. The Kier molecular flexibility index (Phi) is 2.57. The van der Waals surface area contributed by atoms with Crippen molar-refractivity contribution < 1.29 is 9.90 Å². The quantitative estimate of drug-likeness (QED) is 0.546. The van der Waals surface area contributed by atoms with Gasteiger partial charge in [0.15, 0.2) is 6.29 Å². The lowest BCUT2D eigenvalue weighted by molar-refractivity contribution is -0.133. The molecular formula is C7H15NO2. The maximum absolute atomic E-state index is 10.3. The summed E-state index contributed by atoms with van der Waals surface area (Å²) in [5.41, 5.74) is 3.48. The minimum atomic E-state index is -1.32. The minimum absolute atomic E-state index is 0.290. The molecule has 0 aromatic rings. The molecule has 0 bridgehead atoms. The molecule has 1 unspecified atom stereocenters. The van der Waals surface area contributed by atoms with Crippen LogP contribution in [0.25, 0.3) is 0 Å². The number of hydrogen-bond acceptors (Lipinski definition) is 3. The molecule has 0 aliphatic carbocycles. The van der Waals surface area contributed by atoms with E-state index in [2.05, 4.69) is 0 Å². The van der Waals surface area contributed by atoms with Crippen LogP contribution in [-0.2, 0) is 4.79 Å². The Balaban J connectivity index is 4.43. The van der Waals surface area contributed by atoms with Gasteiger partial charge >= 0.3 is 0 Å². The molecule has 0 rings (SSSR count). The first kappa shape index (κ1) is 9.59. The number of hydrogen-bond donors (Lipinski definition) is 2. The maximum atomic E-state index is 10.3. The van der Waals surface area contributed by atoms with Gasteiger partial charge in [0.05, 0.1) is 0 Å². The van der Waals surface area contributed by atoms with Gasteiger partial charge in [0.25, 0.3) is 0 Å². The fraction of sp³-hybridized carbons (Fsp3) is 0.857. The fourth-order valence-corrected chi connectivity index (χ4v) is 0.366. The Labute approximate surface area is 61.2 Å². The number of carbonyl (C=O) groups excluding carboxylic acids is 1. The molecule has 0 amide bonds. The van der Waals surface area contributed by atoms with Crippen molar-refractivity contribution in [1.29, 1.82) is 0 Å². The molecule has 1 atom stereocenters. The number of nitrogens with two attached hydrogens (primary N) is 1. The van der Waals surface area contributed by atoms with E-state index in [1.54, 1.807) is 13.8 Å². The highest BCUT2D eigenvalue weighted by Gasteiger charge is 2.37. The van der Waals surface area contributed by atoms with Gasteiger partial charge in [-0.05, 0) is 6.92 Å². The van der Waals surface area contributed by atoms with Gasteiger partial charge in [-0.25, -0.2) is 0 Å². The highest BCUT2D eigenvalue weighted by Crippen LogP contribution is 2.27. The smallest absolute Gasteiger partial charge is 0.151 e. The molecule has 3 heteroatoms. The molecule has 0 heterocycles. The van der Waals surface area contributed by atoms with Crippen molar-refractivity contribution in [1.82, 2.24) is 0 Å². The molecule has 3 nitrogen and oxygen atoms in total. The van der Waals surface area contributed by atoms with E-state index >= 15 is 0 Å². The van der Waals surface area contributed by atoms with Crippen molar-refractivity contribution in [2.75, 3.05) is 6.54 Å². The Bertz CT molecular complexity index is 130. The number of carbonyl (C=O) groups is 1.